The highest BCUT2D eigenvalue weighted by atomic mass is 32.2. The first kappa shape index (κ1) is 10.7. The Morgan fingerprint density at radius 1 is 1.62 bits per heavy atom. The average molecular weight is 204 g/mol. The Balaban J connectivity index is 2.74. The number of aliphatic hydroxyl groups is 1. The van der Waals surface area contributed by atoms with Gasteiger partial charge >= 0.3 is 0 Å². The van der Waals surface area contributed by atoms with E-state index in [0.717, 1.165) is 5.57 Å². The van der Waals surface area contributed by atoms with Crippen molar-refractivity contribution in [2.24, 2.45) is 5.92 Å². The van der Waals surface area contributed by atoms with Crippen molar-refractivity contribution in [3.63, 3.8) is 0 Å². The molecule has 0 aromatic rings. The molecular weight excluding hydrogens is 188 g/mol. The highest BCUT2D eigenvalue weighted by molar-refractivity contribution is 7.92. The molecule has 0 heterocycles. The number of hydrogen-bond acceptors (Lipinski definition) is 3. The van der Waals surface area contributed by atoms with Crippen molar-refractivity contribution < 1.29 is 13.5 Å². The largest absolute Gasteiger partial charge is 0.396 e. The second kappa shape index (κ2) is 3.80. The molecule has 1 aliphatic carbocycles. The monoisotopic (exact) mass is 204 g/mol. The van der Waals surface area contributed by atoms with Crippen LogP contribution in [0.15, 0.2) is 12.2 Å². The third-order valence-corrected chi connectivity index (χ3v) is 4.92. The van der Waals surface area contributed by atoms with Crippen molar-refractivity contribution in [3.05, 3.63) is 12.2 Å². The minimum atomic E-state index is -2.95. The smallest absolute Gasteiger partial charge is 0.153 e. The van der Waals surface area contributed by atoms with E-state index in [4.69, 9.17) is 5.11 Å². The van der Waals surface area contributed by atoms with Crippen LogP contribution in [0.2, 0.25) is 0 Å². The van der Waals surface area contributed by atoms with E-state index in [1.165, 1.54) is 0 Å². The quantitative estimate of drug-likeness (QED) is 0.690. The van der Waals surface area contributed by atoms with Crippen molar-refractivity contribution in [2.75, 3.05) is 12.4 Å². The van der Waals surface area contributed by atoms with Gasteiger partial charge in [0.15, 0.2) is 9.84 Å². The van der Waals surface area contributed by atoms with E-state index in [-0.39, 0.29) is 23.5 Å². The zero-order valence-corrected chi connectivity index (χ0v) is 8.68. The van der Waals surface area contributed by atoms with Crippen molar-refractivity contribution in [1.82, 2.24) is 0 Å². The van der Waals surface area contributed by atoms with Crippen molar-refractivity contribution in [3.8, 4) is 0 Å². The summed E-state index contributed by atoms with van der Waals surface area (Å²) in [7, 11) is -2.95. The fraction of sp³-hybridized carbons (Fsp3) is 0.778. The Bertz CT molecular complexity index is 292. The zero-order chi connectivity index (χ0) is 10.1. The van der Waals surface area contributed by atoms with Gasteiger partial charge in [-0.1, -0.05) is 19.1 Å². The lowest BCUT2D eigenvalue weighted by Crippen LogP contribution is -2.20. The predicted molar refractivity (Wildman–Crippen MR) is 52.2 cm³/mol. The van der Waals surface area contributed by atoms with Gasteiger partial charge in [-0.05, 0) is 12.8 Å². The maximum atomic E-state index is 11.5. The summed E-state index contributed by atoms with van der Waals surface area (Å²) in [4.78, 5) is 0. The molecule has 76 valence electrons. The van der Waals surface area contributed by atoms with Crippen LogP contribution in [0.25, 0.3) is 0 Å². The number of hydrogen-bond donors (Lipinski definition) is 1. The second-order valence-electron chi connectivity index (χ2n) is 3.55. The SMILES string of the molecule is C=C1C[C@H](S(=O)(=O)CC)C[C@@H]1CO. The predicted octanol–water partition coefficient (Wildman–Crippen LogP) is 0.748. The van der Waals surface area contributed by atoms with Gasteiger partial charge in [0.2, 0.25) is 0 Å². The van der Waals surface area contributed by atoms with Crippen LogP contribution in [0.3, 0.4) is 0 Å². The van der Waals surface area contributed by atoms with E-state index >= 15 is 0 Å². The lowest BCUT2D eigenvalue weighted by molar-refractivity contribution is 0.249. The summed E-state index contributed by atoms with van der Waals surface area (Å²) in [5, 5.41) is 8.63. The molecule has 0 aromatic carbocycles. The zero-order valence-electron chi connectivity index (χ0n) is 7.86. The second-order valence-corrected chi connectivity index (χ2v) is 6.12. The molecule has 1 N–H and O–H groups in total. The van der Waals surface area contributed by atoms with Gasteiger partial charge in [-0.3, -0.25) is 0 Å². The minimum Gasteiger partial charge on any atom is -0.396 e. The summed E-state index contributed by atoms with van der Waals surface area (Å²) in [6.45, 7) is 5.46. The fourth-order valence-corrected chi connectivity index (χ4v) is 3.20. The van der Waals surface area contributed by atoms with Crippen molar-refractivity contribution in [2.45, 2.75) is 25.0 Å². The number of aliphatic hydroxyl groups excluding tert-OH is 1. The minimum absolute atomic E-state index is 0.00803. The fourth-order valence-electron chi connectivity index (χ4n) is 1.74. The molecule has 1 saturated carbocycles. The van der Waals surface area contributed by atoms with Gasteiger partial charge in [-0.2, -0.15) is 0 Å². The molecule has 0 bridgehead atoms. The van der Waals surface area contributed by atoms with Gasteiger partial charge in [-0.25, -0.2) is 8.42 Å². The molecule has 1 aliphatic rings. The molecule has 0 amide bonds. The summed E-state index contributed by atoms with van der Waals surface area (Å²) in [6.07, 6.45) is 1.08. The Kier molecular flexibility index (Phi) is 3.14. The van der Waals surface area contributed by atoms with Crippen LogP contribution in [0.1, 0.15) is 19.8 Å². The highest BCUT2D eigenvalue weighted by Gasteiger charge is 2.34. The van der Waals surface area contributed by atoms with Crippen LogP contribution in [-0.4, -0.2) is 31.1 Å². The Hall–Kier alpha value is -0.350. The van der Waals surface area contributed by atoms with Gasteiger partial charge < -0.3 is 5.11 Å². The van der Waals surface area contributed by atoms with Gasteiger partial charge in [-0.15, -0.1) is 0 Å². The molecular formula is C9H16O3S. The maximum absolute atomic E-state index is 11.5. The molecule has 0 aliphatic heterocycles. The topological polar surface area (TPSA) is 54.4 Å². The van der Waals surface area contributed by atoms with Gasteiger partial charge in [0, 0.05) is 18.3 Å². The Morgan fingerprint density at radius 2 is 2.23 bits per heavy atom. The third kappa shape index (κ3) is 2.11. The third-order valence-electron chi connectivity index (χ3n) is 2.75. The van der Waals surface area contributed by atoms with E-state index < -0.39 is 9.84 Å². The Labute approximate surface area is 79.4 Å². The average Bonchev–Trinajstić information content (AvgIpc) is 2.47. The molecule has 1 fully saturated rings. The van der Waals surface area contributed by atoms with Gasteiger partial charge in [0.25, 0.3) is 0 Å². The molecule has 0 radical (unpaired) electrons. The molecule has 0 aromatic heterocycles. The summed E-state index contributed by atoms with van der Waals surface area (Å²) >= 11 is 0. The molecule has 0 spiro atoms. The Morgan fingerprint density at radius 3 is 2.62 bits per heavy atom. The van der Waals surface area contributed by atoms with Crippen molar-refractivity contribution in [1.29, 1.82) is 0 Å². The molecule has 1 rings (SSSR count). The van der Waals surface area contributed by atoms with E-state index in [0.29, 0.717) is 12.8 Å². The molecule has 13 heavy (non-hydrogen) atoms. The van der Waals surface area contributed by atoms with Crippen LogP contribution in [0.4, 0.5) is 0 Å². The molecule has 2 atom stereocenters. The first-order chi connectivity index (χ1) is 6.01. The summed E-state index contributed by atoms with van der Waals surface area (Å²) in [5.41, 5.74) is 0.879. The van der Waals surface area contributed by atoms with E-state index in [1.807, 2.05) is 0 Å². The first-order valence-electron chi connectivity index (χ1n) is 4.51. The number of rotatable bonds is 3. The lowest BCUT2D eigenvalue weighted by Gasteiger charge is -2.08. The van der Waals surface area contributed by atoms with Gasteiger partial charge in [0.05, 0.1) is 5.25 Å². The number of sulfone groups is 1. The highest BCUT2D eigenvalue weighted by Crippen LogP contribution is 2.34. The van der Waals surface area contributed by atoms with E-state index in [1.54, 1.807) is 6.92 Å². The first-order valence-corrected chi connectivity index (χ1v) is 6.23. The summed E-state index contributed by atoms with van der Waals surface area (Å²) in [5.74, 6) is 0.176. The van der Waals surface area contributed by atoms with E-state index in [2.05, 4.69) is 6.58 Å². The molecule has 0 unspecified atom stereocenters. The van der Waals surface area contributed by atoms with Crippen LogP contribution < -0.4 is 0 Å². The van der Waals surface area contributed by atoms with Crippen molar-refractivity contribution >= 4 is 9.84 Å². The summed E-state index contributed by atoms with van der Waals surface area (Å²) < 4.78 is 23.0. The molecule has 4 heteroatoms. The molecule has 0 saturated heterocycles. The van der Waals surface area contributed by atoms with Gasteiger partial charge in [0.1, 0.15) is 0 Å². The van der Waals surface area contributed by atoms with Crippen LogP contribution in [-0.2, 0) is 9.84 Å². The van der Waals surface area contributed by atoms with Crippen LogP contribution in [0.5, 0.6) is 0 Å². The van der Waals surface area contributed by atoms with Crippen LogP contribution >= 0.6 is 0 Å². The summed E-state index contributed by atoms with van der Waals surface area (Å²) in [6, 6.07) is 0. The van der Waals surface area contributed by atoms with E-state index in [9.17, 15) is 8.42 Å². The standard InChI is InChI=1S/C9H16O3S/c1-3-13(11,12)9-4-7(2)8(5-9)6-10/h8-10H,2-6H2,1H3/t8-,9+/m1/s1. The molecule has 3 nitrogen and oxygen atoms in total. The maximum Gasteiger partial charge on any atom is 0.153 e. The lowest BCUT2D eigenvalue weighted by atomic mass is 10.1. The van der Waals surface area contributed by atoms with Crippen LogP contribution in [0, 0.1) is 5.92 Å². The normalized spacial score (nSPS) is 29.5.